The van der Waals surface area contributed by atoms with Crippen LogP contribution in [-0.4, -0.2) is 109 Å². The molecule has 0 saturated heterocycles. The summed E-state index contributed by atoms with van der Waals surface area (Å²) in [5.41, 5.74) is 0.818. The Kier molecular flexibility index (Phi) is 18.7. The standard InChI is InChI=1S/C30H49N7O7/c1-5-31-28(42)25(19-38)36-29(43)23(15-11-12-16-37(6-2)7-3)35-26(40)18-32-27(41)21(4)34-30(44)24(33-20-39)17-22-13-9-8-10-14-22/h8-10,13-14,20-21,23-25,38H,5-7,11-12,15-19H2,1-4H3,(H,31,42)(H,32,41)(H,33,39)(H,34,44)(H,35,40)(H,36,43)/t21-,23-,24?,25?/m0/s1. The van der Waals surface area contributed by atoms with Crippen LogP contribution in [0.15, 0.2) is 30.3 Å². The Bertz CT molecular complexity index is 1050. The van der Waals surface area contributed by atoms with Gasteiger partial charge >= 0.3 is 0 Å². The molecule has 246 valence electrons. The Morgan fingerprint density at radius 1 is 0.818 bits per heavy atom. The average molecular weight is 620 g/mol. The molecule has 14 nitrogen and oxygen atoms in total. The van der Waals surface area contributed by atoms with E-state index < -0.39 is 66.9 Å². The molecule has 0 aliphatic carbocycles. The number of aliphatic hydroxyl groups is 1. The normalized spacial score (nSPS) is 13.5. The minimum Gasteiger partial charge on any atom is -0.394 e. The second kappa shape index (κ2) is 21.6. The van der Waals surface area contributed by atoms with Gasteiger partial charge in [-0.3, -0.25) is 28.8 Å². The fourth-order valence-electron chi connectivity index (χ4n) is 4.36. The highest BCUT2D eigenvalue weighted by atomic mass is 16.3. The smallest absolute Gasteiger partial charge is 0.244 e. The zero-order valence-electron chi connectivity index (χ0n) is 26.2. The molecule has 1 aromatic carbocycles. The van der Waals surface area contributed by atoms with E-state index in [1.165, 1.54) is 6.92 Å². The maximum Gasteiger partial charge on any atom is 0.244 e. The number of amides is 6. The van der Waals surface area contributed by atoms with Gasteiger partial charge in [-0.25, -0.2) is 0 Å². The van der Waals surface area contributed by atoms with Gasteiger partial charge in [0.15, 0.2) is 0 Å². The largest absolute Gasteiger partial charge is 0.394 e. The average Bonchev–Trinajstić information content (AvgIpc) is 3.02. The first kappa shape index (κ1) is 38.0. The van der Waals surface area contributed by atoms with Crippen molar-refractivity contribution in [2.75, 3.05) is 39.3 Å². The fraction of sp³-hybridized carbons (Fsp3) is 0.600. The van der Waals surface area contributed by atoms with Gasteiger partial charge in [0.1, 0.15) is 24.2 Å². The first-order valence-corrected chi connectivity index (χ1v) is 15.1. The Hall–Kier alpha value is -4.04. The van der Waals surface area contributed by atoms with E-state index >= 15 is 0 Å². The third-order valence-electron chi connectivity index (χ3n) is 6.97. The molecule has 0 aliphatic heterocycles. The summed E-state index contributed by atoms with van der Waals surface area (Å²) in [5, 5.41) is 24.6. The van der Waals surface area contributed by atoms with Gasteiger partial charge in [0.25, 0.3) is 0 Å². The molecule has 0 bridgehead atoms. The number of carbonyl (C=O) groups is 6. The molecular formula is C30H49N7O7. The first-order chi connectivity index (χ1) is 21.1. The van der Waals surface area contributed by atoms with Gasteiger partial charge in [-0.2, -0.15) is 0 Å². The van der Waals surface area contributed by atoms with E-state index in [-0.39, 0.29) is 12.8 Å². The van der Waals surface area contributed by atoms with E-state index in [9.17, 15) is 33.9 Å². The van der Waals surface area contributed by atoms with Crippen LogP contribution in [0.25, 0.3) is 0 Å². The second-order valence-electron chi connectivity index (χ2n) is 10.3. The molecule has 6 amide bonds. The lowest BCUT2D eigenvalue weighted by molar-refractivity contribution is -0.133. The van der Waals surface area contributed by atoms with Crippen LogP contribution in [0.2, 0.25) is 0 Å². The van der Waals surface area contributed by atoms with Crippen LogP contribution in [0, 0.1) is 0 Å². The van der Waals surface area contributed by atoms with E-state index in [0.717, 1.165) is 31.6 Å². The van der Waals surface area contributed by atoms with Crippen LogP contribution in [0.5, 0.6) is 0 Å². The number of carbonyl (C=O) groups excluding carboxylic acids is 6. The summed E-state index contributed by atoms with van der Waals surface area (Å²) >= 11 is 0. The van der Waals surface area contributed by atoms with Crippen molar-refractivity contribution in [2.24, 2.45) is 0 Å². The molecule has 0 aliphatic rings. The Balaban J connectivity index is 2.75. The molecule has 0 saturated carbocycles. The summed E-state index contributed by atoms with van der Waals surface area (Å²) in [6.45, 7) is 9.09. The molecule has 0 spiro atoms. The molecule has 0 heterocycles. The minimum absolute atomic E-state index is 0.220. The third-order valence-corrected chi connectivity index (χ3v) is 6.97. The maximum atomic E-state index is 13.0. The van der Waals surface area contributed by atoms with E-state index in [4.69, 9.17) is 0 Å². The monoisotopic (exact) mass is 619 g/mol. The SMILES string of the molecule is CCNC(=O)C(CO)NC(=O)[C@H](CCCCN(CC)CC)NC(=O)CNC(=O)[C@H](C)NC(=O)C(Cc1ccccc1)NC=O. The van der Waals surface area contributed by atoms with Gasteiger partial charge in [0, 0.05) is 13.0 Å². The third kappa shape index (κ3) is 14.4. The molecule has 0 fully saturated rings. The molecule has 0 radical (unpaired) electrons. The zero-order chi connectivity index (χ0) is 32.9. The Morgan fingerprint density at radius 2 is 1.48 bits per heavy atom. The fourth-order valence-corrected chi connectivity index (χ4v) is 4.36. The predicted octanol–water partition coefficient (Wildman–Crippen LogP) is -1.43. The lowest BCUT2D eigenvalue weighted by Crippen LogP contribution is -2.56. The number of hydrogen-bond acceptors (Lipinski definition) is 8. The number of nitrogens with zero attached hydrogens (tertiary/aromatic N) is 1. The number of likely N-dealkylation sites (N-methyl/N-ethyl adjacent to an activating group) is 1. The van der Waals surface area contributed by atoms with Gasteiger partial charge in [-0.15, -0.1) is 0 Å². The number of nitrogens with one attached hydrogen (secondary N) is 6. The molecular weight excluding hydrogens is 570 g/mol. The topological polar surface area (TPSA) is 198 Å². The molecule has 7 N–H and O–H groups in total. The van der Waals surface area contributed by atoms with Crippen LogP contribution in [0.3, 0.4) is 0 Å². The first-order valence-electron chi connectivity index (χ1n) is 15.1. The lowest BCUT2D eigenvalue weighted by Gasteiger charge is -2.23. The van der Waals surface area contributed by atoms with Gasteiger partial charge in [-0.05, 0) is 58.3 Å². The number of hydrogen-bond donors (Lipinski definition) is 7. The van der Waals surface area contributed by atoms with Crippen molar-refractivity contribution in [3.8, 4) is 0 Å². The summed E-state index contributed by atoms with van der Waals surface area (Å²) < 4.78 is 0. The van der Waals surface area contributed by atoms with Gasteiger partial charge in [-0.1, -0.05) is 44.2 Å². The summed E-state index contributed by atoms with van der Waals surface area (Å²) in [6, 6.07) is 4.94. The van der Waals surface area contributed by atoms with Crippen molar-refractivity contribution in [1.82, 2.24) is 36.8 Å². The summed E-state index contributed by atoms with van der Waals surface area (Å²) in [5.74, 6) is -3.04. The molecule has 4 atom stereocenters. The predicted molar refractivity (Wildman–Crippen MR) is 165 cm³/mol. The van der Waals surface area contributed by atoms with Crippen LogP contribution in [0.4, 0.5) is 0 Å². The molecule has 44 heavy (non-hydrogen) atoms. The van der Waals surface area contributed by atoms with Gasteiger partial charge < -0.3 is 41.9 Å². The van der Waals surface area contributed by atoms with Crippen LogP contribution >= 0.6 is 0 Å². The van der Waals surface area contributed by atoms with Gasteiger partial charge in [0.2, 0.25) is 35.9 Å². The number of aliphatic hydroxyl groups excluding tert-OH is 1. The summed E-state index contributed by atoms with van der Waals surface area (Å²) in [6.07, 6.45) is 2.29. The van der Waals surface area contributed by atoms with Crippen molar-refractivity contribution < 1.29 is 33.9 Å². The molecule has 2 unspecified atom stereocenters. The highest BCUT2D eigenvalue weighted by Gasteiger charge is 2.27. The second-order valence-corrected chi connectivity index (χ2v) is 10.3. The summed E-state index contributed by atoms with van der Waals surface area (Å²) in [7, 11) is 0. The van der Waals surface area contributed by atoms with Crippen molar-refractivity contribution in [3.63, 3.8) is 0 Å². The minimum atomic E-state index is -1.18. The van der Waals surface area contributed by atoms with Crippen molar-refractivity contribution in [2.45, 2.75) is 77.5 Å². The Labute approximate surface area is 259 Å². The highest BCUT2D eigenvalue weighted by Crippen LogP contribution is 2.05. The molecule has 1 rings (SSSR count). The molecule has 0 aromatic heterocycles. The summed E-state index contributed by atoms with van der Waals surface area (Å²) in [4.78, 5) is 76.6. The van der Waals surface area contributed by atoms with E-state index in [2.05, 4.69) is 50.6 Å². The number of rotatable bonds is 22. The Morgan fingerprint density at radius 3 is 2.07 bits per heavy atom. The van der Waals surface area contributed by atoms with Gasteiger partial charge in [0.05, 0.1) is 13.2 Å². The van der Waals surface area contributed by atoms with Crippen LogP contribution < -0.4 is 31.9 Å². The van der Waals surface area contributed by atoms with E-state index in [0.29, 0.717) is 19.4 Å². The highest BCUT2D eigenvalue weighted by molar-refractivity contribution is 5.94. The number of unbranched alkanes of at least 4 members (excludes halogenated alkanes) is 1. The van der Waals surface area contributed by atoms with Crippen LogP contribution in [-0.2, 0) is 35.2 Å². The molecule has 1 aromatic rings. The van der Waals surface area contributed by atoms with Crippen molar-refractivity contribution in [3.05, 3.63) is 35.9 Å². The zero-order valence-corrected chi connectivity index (χ0v) is 26.2. The number of benzene rings is 1. The maximum absolute atomic E-state index is 13.0. The van der Waals surface area contributed by atoms with E-state index in [1.54, 1.807) is 19.1 Å². The van der Waals surface area contributed by atoms with E-state index in [1.807, 2.05) is 18.2 Å². The van der Waals surface area contributed by atoms with Crippen molar-refractivity contribution >= 4 is 35.9 Å². The quantitative estimate of drug-likeness (QED) is 0.0606. The van der Waals surface area contributed by atoms with Crippen molar-refractivity contribution in [1.29, 1.82) is 0 Å². The molecule has 14 heteroatoms. The van der Waals surface area contributed by atoms with Crippen LogP contribution in [0.1, 0.15) is 52.5 Å². The lowest BCUT2D eigenvalue weighted by atomic mass is 10.1.